The summed E-state index contributed by atoms with van der Waals surface area (Å²) >= 11 is 0. The average molecular weight is 320 g/mol. The number of ether oxygens (including phenoxy) is 2. The van der Waals surface area contributed by atoms with Gasteiger partial charge in [-0.25, -0.2) is 0 Å². The molecule has 0 N–H and O–H groups in total. The lowest BCUT2D eigenvalue weighted by Gasteiger charge is -2.21. The first-order valence-electron chi connectivity index (χ1n) is 8.37. The van der Waals surface area contributed by atoms with Crippen LogP contribution in [0.1, 0.15) is 39.0 Å². The Kier molecular flexibility index (Phi) is 3.64. The highest BCUT2D eigenvalue weighted by Gasteiger charge is 2.23. The van der Waals surface area contributed by atoms with E-state index in [1.165, 1.54) is 11.1 Å². The van der Waals surface area contributed by atoms with Crippen LogP contribution in [-0.2, 0) is 6.42 Å². The number of carbonyl (C=O) groups is 1. The van der Waals surface area contributed by atoms with Crippen LogP contribution in [0, 0.1) is 13.8 Å². The van der Waals surface area contributed by atoms with Gasteiger partial charge in [-0.2, -0.15) is 0 Å². The Morgan fingerprint density at radius 2 is 1.75 bits per heavy atom. The minimum atomic E-state index is 0.151. The topological polar surface area (TPSA) is 35.5 Å². The number of Topliss-reactive ketones (excluding diaryl/α,β-unsaturated/α-hetero) is 1. The number of benzene rings is 2. The SMILES string of the molecule is Cc1cc(C)c2c(c1)C(=O)C(=Cc1ccc3c(c1)OCCO3)CC2. The molecule has 0 atom stereocenters. The van der Waals surface area contributed by atoms with Crippen LogP contribution in [0.15, 0.2) is 35.9 Å². The second-order valence-electron chi connectivity index (χ2n) is 6.51. The number of fused-ring (bicyclic) bond motifs is 2. The predicted octanol–water partition coefficient (Wildman–Crippen LogP) is 4.29. The van der Waals surface area contributed by atoms with E-state index in [4.69, 9.17) is 9.47 Å². The summed E-state index contributed by atoms with van der Waals surface area (Å²) in [5.41, 5.74) is 6.27. The first-order valence-corrected chi connectivity index (χ1v) is 8.37. The zero-order valence-corrected chi connectivity index (χ0v) is 14.0. The van der Waals surface area contributed by atoms with Gasteiger partial charge in [0.15, 0.2) is 17.3 Å². The molecule has 1 aliphatic heterocycles. The molecule has 0 saturated carbocycles. The van der Waals surface area contributed by atoms with Crippen molar-refractivity contribution in [3.8, 4) is 11.5 Å². The van der Waals surface area contributed by atoms with Crippen LogP contribution < -0.4 is 9.47 Å². The third kappa shape index (κ3) is 2.60. The molecule has 0 saturated heterocycles. The van der Waals surface area contributed by atoms with E-state index in [9.17, 15) is 4.79 Å². The van der Waals surface area contributed by atoms with Crippen molar-refractivity contribution in [1.82, 2.24) is 0 Å². The van der Waals surface area contributed by atoms with Gasteiger partial charge in [0, 0.05) is 11.1 Å². The molecule has 3 nitrogen and oxygen atoms in total. The van der Waals surface area contributed by atoms with Crippen LogP contribution >= 0.6 is 0 Å². The molecule has 0 bridgehead atoms. The molecular formula is C21H20O3. The summed E-state index contributed by atoms with van der Waals surface area (Å²) in [6, 6.07) is 10.0. The molecular weight excluding hydrogens is 300 g/mol. The largest absolute Gasteiger partial charge is 0.486 e. The Morgan fingerprint density at radius 3 is 2.58 bits per heavy atom. The van der Waals surface area contributed by atoms with Gasteiger partial charge in [0.25, 0.3) is 0 Å². The number of carbonyl (C=O) groups excluding carboxylic acids is 1. The minimum Gasteiger partial charge on any atom is -0.486 e. The van der Waals surface area contributed by atoms with Crippen molar-refractivity contribution in [2.75, 3.05) is 13.2 Å². The van der Waals surface area contributed by atoms with Crippen LogP contribution in [0.5, 0.6) is 11.5 Å². The van der Waals surface area contributed by atoms with Crippen molar-refractivity contribution >= 4 is 11.9 Å². The molecule has 1 aliphatic carbocycles. The molecule has 0 fully saturated rings. The summed E-state index contributed by atoms with van der Waals surface area (Å²) in [6.07, 6.45) is 3.69. The van der Waals surface area contributed by atoms with Crippen molar-refractivity contribution in [2.45, 2.75) is 26.7 Å². The lowest BCUT2D eigenvalue weighted by Crippen LogP contribution is -2.16. The molecule has 3 heteroatoms. The molecule has 24 heavy (non-hydrogen) atoms. The van der Waals surface area contributed by atoms with Crippen molar-refractivity contribution in [3.05, 3.63) is 63.7 Å². The van der Waals surface area contributed by atoms with Gasteiger partial charge in [-0.3, -0.25) is 4.79 Å². The molecule has 0 radical (unpaired) electrons. The number of aryl methyl sites for hydroxylation is 2. The fourth-order valence-corrected chi connectivity index (χ4v) is 3.57. The van der Waals surface area contributed by atoms with Gasteiger partial charge >= 0.3 is 0 Å². The summed E-state index contributed by atoms with van der Waals surface area (Å²) in [4.78, 5) is 12.9. The maximum Gasteiger partial charge on any atom is 0.189 e. The summed E-state index contributed by atoms with van der Waals surface area (Å²) in [5.74, 6) is 1.68. The number of ketones is 1. The lowest BCUT2D eigenvalue weighted by atomic mass is 9.83. The maximum atomic E-state index is 12.9. The Labute approximate surface area is 141 Å². The second-order valence-corrected chi connectivity index (χ2v) is 6.51. The standard InChI is InChI=1S/C21H20O3/c1-13-9-14(2)17-5-4-16(21(22)18(17)10-13)11-15-3-6-19-20(12-15)24-8-7-23-19/h3,6,9-12H,4-5,7-8H2,1-2H3. The zero-order chi connectivity index (χ0) is 16.7. The quantitative estimate of drug-likeness (QED) is 0.735. The fraction of sp³-hybridized carbons (Fsp3) is 0.286. The second kappa shape index (κ2) is 5.82. The van der Waals surface area contributed by atoms with E-state index in [1.54, 1.807) is 0 Å². The third-order valence-corrected chi connectivity index (χ3v) is 4.71. The molecule has 0 amide bonds. The summed E-state index contributed by atoms with van der Waals surface area (Å²) in [7, 11) is 0. The highest BCUT2D eigenvalue weighted by molar-refractivity contribution is 6.13. The third-order valence-electron chi connectivity index (χ3n) is 4.71. The zero-order valence-electron chi connectivity index (χ0n) is 14.0. The molecule has 2 aromatic rings. The first kappa shape index (κ1) is 15.0. The molecule has 4 rings (SSSR count). The van der Waals surface area contributed by atoms with E-state index < -0.39 is 0 Å². The van der Waals surface area contributed by atoms with E-state index >= 15 is 0 Å². The van der Waals surface area contributed by atoms with Gasteiger partial charge in [0.2, 0.25) is 0 Å². The molecule has 2 aromatic carbocycles. The van der Waals surface area contributed by atoms with Crippen molar-refractivity contribution in [1.29, 1.82) is 0 Å². The molecule has 1 heterocycles. The number of allylic oxidation sites excluding steroid dienone is 1. The average Bonchev–Trinajstić information content (AvgIpc) is 2.58. The molecule has 0 aromatic heterocycles. The van der Waals surface area contributed by atoms with Gasteiger partial charge in [0.1, 0.15) is 13.2 Å². The number of rotatable bonds is 1. The fourth-order valence-electron chi connectivity index (χ4n) is 3.57. The van der Waals surface area contributed by atoms with Crippen LogP contribution in [-0.4, -0.2) is 19.0 Å². The van der Waals surface area contributed by atoms with Crippen molar-refractivity contribution in [3.63, 3.8) is 0 Å². The Hall–Kier alpha value is -2.55. The Morgan fingerprint density at radius 1 is 0.958 bits per heavy atom. The van der Waals surface area contributed by atoms with E-state index in [2.05, 4.69) is 13.0 Å². The highest BCUT2D eigenvalue weighted by Crippen LogP contribution is 2.33. The Bertz CT molecular complexity index is 862. The number of hydrogen-bond acceptors (Lipinski definition) is 3. The monoisotopic (exact) mass is 320 g/mol. The van der Waals surface area contributed by atoms with Gasteiger partial charge in [0.05, 0.1) is 0 Å². The van der Waals surface area contributed by atoms with Crippen molar-refractivity contribution < 1.29 is 14.3 Å². The van der Waals surface area contributed by atoms with Gasteiger partial charge in [-0.05, 0) is 67.7 Å². The highest BCUT2D eigenvalue weighted by atomic mass is 16.6. The first-order chi connectivity index (χ1) is 11.6. The number of hydrogen-bond donors (Lipinski definition) is 0. The van der Waals surface area contributed by atoms with Gasteiger partial charge in [-0.1, -0.05) is 17.7 Å². The van der Waals surface area contributed by atoms with Crippen molar-refractivity contribution in [2.24, 2.45) is 0 Å². The van der Waals surface area contributed by atoms with Gasteiger partial charge in [-0.15, -0.1) is 0 Å². The van der Waals surface area contributed by atoms with Crippen LogP contribution in [0.2, 0.25) is 0 Å². The van der Waals surface area contributed by atoms with Crippen LogP contribution in [0.4, 0.5) is 0 Å². The predicted molar refractivity (Wildman–Crippen MR) is 94.0 cm³/mol. The smallest absolute Gasteiger partial charge is 0.189 e. The van der Waals surface area contributed by atoms with Gasteiger partial charge < -0.3 is 9.47 Å². The molecule has 122 valence electrons. The maximum absolute atomic E-state index is 12.9. The minimum absolute atomic E-state index is 0.151. The van der Waals surface area contributed by atoms with E-state index in [0.717, 1.165) is 46.6 Å². The molecule has 2 aliphatic rings. The van der Waals surface area contributed by atoms with Crippen LogP contribution in [0.25, 0.3) is 6.08 Å². The molecule has 0 unspecified atom stereocenters. The summed E-state index contributed by atoms with van der Waals surface area (Å²) in [5, 5.41) is 0. The van der Waals surface area contributed by atoms with E-state index in [0.29, 0.717) is 13.2 Å². The van der Waals surface area contributed by atoms with E-state index in [1.807, 2.05) is 37.3 Å². The van der Waals surface area contributed by atoms with E-state index in [-0.39, 0.29) is 5.78 Å². The van der Waals surface area contributed by atoms with Crippen LogP contribution in [0.3, 0.4) is 0 Å². The normalized spacial score (nSPS) is 17.8. The lowest BCUT2D eigenvalue weighted by molar-refractivity contribution is 0.102. The summed E-state index contributed by atoms with van der Waals surface area (Å²) < 4.78 is 11.2. The Balaban J connectivity index is 1.70. The molecule has 0 spiro atoms. The summed E-state index contributed by atoms with van der Waals surface area (Å²) in [6.45, 7) is 5.29.